The second-order valence-electron chi connectivity index (χ2n) is 6.67. The SMILES string of the molecule is Cc1cccc(OP(=O)(Nc2ccccc2F)Oc2cccc(C)c2C)c1C. The van der Waals surface area contributed by atoms with Gasteiger partial charge in [0.25, 0.3) is 0 Å². The smallest absolute Gasteiger partial charge is 0.400 e. The zero-order chi connectivity index (χ0) is 20.3. The molecule has 0 amide bonds. The summed E-state index contributed by atoms with van der Waals surface area (Å²) in [7, 11) is -4.00. The normalized spacial score (nSPS) is 11.2. The Hall–Kier alpha value is -2.78. The van der Waals surface area contributed by atoms with E-state index < -0.39 is 13.6 Å². The second-order valence-corrected chi connectivity index (χ2v) is 8.25. The summed E-state index contributed by atoms with van der Waals surface area (Å²) in [4.78, 5) is 0. The molecule has 3 aromatic rings. The summed E-state index contributed by atoms with van der Waals surface area (Å²) < 4.78 is 39.5. The van der Waals surface area contributed by atoms with Crippen molar-refractivity contribution in [1.29, 1.82) is 0 Å². The van der Waals surface area contributed by atoms with Gasteiger partial charge in [0.15, 0.2) is 0 Å². The van der Waals surface area contributed by atoms with Gasteiger partial charge in [0.2, 0.25) is 0 Å². The van der Waals surface area contributed by atoms with Crippen molar-refractivity contribution in [2.45, 2.75) is 27.7 Å². The average molecular weight is 399 g/mol. The fourth-order valence-electron chi connectivity index (χ4n) is 2.67. The molecule has 0 spiro atoms. The van der Waals surface area contributed by atoms with Gasteiger partial charge in [-0.2, -0.15) is 0 Å². The highest BCUT2D eigenvalue weighted by Gasteiger charge is 2.31. The molecule has 0 fully saturated rings. The second kappa shape index (κ2) is 8.07. The molecule has 0 heterocycles. The molecule has 0 bridgehead atoms. The minimum Gasteiger partial charge on any atom is -0.400 e. The Morgan fingerprint density at radius 2 is 1.25 bits per heavy atom. The zero-order valence-electron chi connectivity index (χ0n) is 16.3. The van der Waals surface area contributed by atoms with Crippen LogP contribution < -0.4 is 14.1 Å². The highest BCUT2D eigenvalue weighted by molar-refractivity contribution is 7.56. The highest BCUT2D eigenvalue weighted by Crippen LogP contribution is 2.50. The molecule has 1 N–H and O–H groups in total. The third-order valence-corrected chi connectivity index (χ3v) is 6.07. The van der Waals surface area contributed by atoms with Gasteiger partial charge < -0.3 is 9.05 Å². The predicted octanol–water partition coefficient (Wildman–Crippen LogP) is 6.74. The molecule has 0 saturated heterocycles. The lowest BCUT2D eigenvalue weighted by Gasteiger charge is -2.23. The van der Waals surface area contributed by atoms with Gasteiger partial charge in [0, 0.05) is 0 Å². The van der Waals surface area contributed by atoms with Crippen LogP contribution in [0.1, 0.15) is 22.3 Å². The lowest BCUT2D eigenvalue weighted by molar-refractivity contribution is 0.390. The van der Waals surface area contributed by atoms with Crippen molar-refractivity contribution < 1.29 is 18.0 Å². The summed E-state index contributed by atoms with van der Waals surface area (Å²) in [6.07, 6.45) is 0. The van der Waals surface area contributed by atoms with E-state index in [1.165, 1.54) is 12.1 Å². The maximum Gasteiger partial charge on any atom is 0.541 e. The van der Waals surface area contributed by atoms with Crippen LogP contribution in [-0.2, 0) is 4.57 Å². The lowest BCUT2D eigenvalue weighted by atomic mass is 10.1. The van der Waals surface area contributed by atoms with Crippen LogP contribution in [0.4, 0.5) is 10.1 Å². The molecule has 0 saturated carbocycles. The molecule has 0 aromatic heterocycles. The van der Waals surface area contributed by atoms with Crippen LogP contribution in [0, 0.1) is 33.5 Å². The van der Waals surface area contributed by atoms with Crippen LogP contribution in [-0.4, -0.2) is 0 Å². The summed E-state index contributed by atoms with van der Waals surface area (Å²) in [5.74, 6) is 0.284. The molecule has 0 atom stereocenters. The minimum atomic E-state index is -4.00. The van der Waals surface area contributed by atoms with E-state index in [-0.39, 0.29) is 5.69 Å². The number of nitrogens with one attached hydrogen (secondary N) is 1. The van der Waals surface area contributed by atoms with Crippen molar-refractivity contribution in [3.63, 3.8) is 0 Å². The zero-order valence-corrected chi connectivity index (χ0v) is 17.2. The van der Waals surface area contributed by atoms with E-state index in [4.69, 9.17) is 9.05 Å². The van der Waals surface area contributed by atoms with Crippen molar-refractivity contribution >= 4 is 13.4 Å². The van der Waals surface area contributed by atoms with E-state index in [1.807, 2.05) is 52.0 Å². The van der Waals surface area contributed by atoms with Crippen LogP contribution in [0.25, 0.3) is 0 Å². The van der Waals surface area contributed by atoms with Gasteiger partial charge in [-0.15, -0.1) is 0 Å². The molecule has 3 rings (SSSR count). The van der Waals surface area contributed by atoms with Crippen molar-refractivity contribution in [2.75, 3.05) is 5.09 Å². The first-order valence-corrected chi connectivity index (χ1v) is 10.5. The number of benzene rings is 3. The molecular weight excluding hydrogens is 376 g/mol. The van der Waals surface area contributed by atoms with Crippen LogP contribution in [0.15, 0.2) is 60.7 Å². The standard InChI is InChI=1S/C22H23FNO3P/c1-15-9-7-13-21(17(15)3)26-28(25,24-20-12-6-5-11-19(20)23)27-22-14-8-10-16(2)18(22)4/h5-14H,1-4H3,(H,24,25). The van der Waals surface area contributed by atoms with E-state index in [9.17, 15) is 8.96 Å². The number of halogens is 1. The molecule has 28 heavy (non-hydrogen) atoms. The predicted molar refractivity (Wildman–Crippen MR) is 111 cm³/mol. The molecule has 0 aliphatic carbocycles. The van der Waals surface area contributed by atoms with Crippen LogP contribution >= 0.6 is 7.75 Å². The van der Waals surface area contributed by atoms with Gasteiger partial charge in [-0.25, -0.2) is 8.96 Å². The maximum absolute atomic E-state index is 14.2. The van der Waals surface area contributed by atoms with Crippen molar-refractivity contribution in [1.82, 2.24) is 0 Å². The monoisotopic (exact) mass is 399 g/mol. The van der Waals surface area contributed by atoms with Gasteiger partial charge in [-0.3, -0.25) is 5.09 Å². The third kappa shape index (κ3) is 4.37. The van der Waals surface area contributed by atoms with Crippen molar-refractivity contribution in [3.05, 3.63) is 88.7 Å². The van der Waals surface area contributed by atoms with Gasteiger partial charge in [0.05, 0.1) is 5.69 Å². The van der Waals surface area contributed by atoms with Crippen LogP contribution in [0.2, 0.25) is 0 Å². The molecule has 0 radical (unpaired) electrons. The van der Waals surface area contributed by atoms with E-state index in [2.05, 4.69) is 5.09 Å². The Morgan fingerprint density at radius 3 is 1.75 bits per heavy atom. The molecule has 4 nitrogen and oxygen atoms in total. The van der Waals surface area contributed by atoms with Crippen molar-refractivity contribution in [3.8, 4) is 11.5 Å². The molecule has 6 heteroatoms. The summed E-state index contributed by atoms with van der Waals surface area (Å²) in [6, 6.07) is 16.9. The summed E-state index contributed by atoms with van der Waals surface area (Å²) in [6.45, 7) is 7.61. The number of rotatable bonds is 6. The van der Waals surface area contributed by atoms with Gasteiger partial charge in [0.1, 0.15) is 17.3 Å². The first-order chi connectivity index (χ1) is 13.3. The number of hydrogen-bond donors (Lipinski definition) is 1. The Labute approximate surface area is 164 Å². The lowest BCUT2D eigenvalue weighted by Crippen LogP contribution is -2.12. The van der Waals surface area contributed by atoms with Crippen molar-refractivity contribution in [2.24, 2.45) is 0 Å². The average Bonchev–Trinajstić information content (AvgIpc) is 2.65. The topological polar surface area (TPSA) is 47.6 Å². The minimum absolute atomic E-state index is 0.0430. The van der Waals surface area contributed by atoms with Crippen LogP contribution in [0.5, 0.6) is 11.5 Å². The first-order valence-electron chi connectivity index (χ1n) is 8.93. The van der Waals surface area contributed by atoms with E-state index >= 15 is 0 Å². The van der Waals surface area contributed by atoms with Gasteiger partial charge >= 0.3 is 7.75 Å². The van der Waals surface area contributed by atoms with E-state index in [0.717, 1.165) is 22.3 Å². The molecule has 0 aliphatic rings. The van der Waals surface area contributed by atoms with Gasteiger partial charge in [-0.1, -0.05) is 36.4 Å². The molecule has 146 valence electrons. The highest BCUT2D eigenvalue weighted by atomic mass is 31.2. The summed E-state index contributed by atoms with van der Waals surface area (Å²) >= 11 is 0. The number of para-hydroxylation sites is 1. The van der Waals surface area contributed by atoms with Crippen LogP contribution in [0.3, 0.4) is 0 Å². The van der Waals surface area contributed by atoms with E-state index in [1.54, 1.807) is 24.3 Å². The fraction of sp³-hybridized carbons (Fsp3) is 0.182. The largest absolute Gasteiger partial charge is 0.541 e. The Bertz CT molecular complexity index is 994. The Kier molecular flexibility index (Phi) is 5.76. The summed E-state index contributed by atoms with van der Waals surface area (Å²) in [5, 5.41) is 2.65. The Morgan fingerprint density at radius 1 is 0.750 bits per heavy atom. The third-order valence-electron chi connectivity index (χ3n) is 4.68. The molecule has 0 unspecified atom stereocenters. The Balaban J connectivity index is 2.02. The molecule has 3 aromatic carbocycles. The van der Waals surface area contributed by atoms with Gasteiger partial charge in [-0.05, 0) is 74.2 Å². The molecule has 0 aliphatic heterocycles. The molecular formula is C22H23FNO3P. The summed E-state index contributed by atoms with van der Waals surface area (Å²) in [5.41, 5.74) is 3.69. The fourth-order valence-corrected chi connectivity index (χ4v) is 4.19. The first kappa shape index (κ1) is 20.0. The quantitative estimate of drug-likeness (QED) is 0.467. The number of anilines is 1. The number of hydrogen-bond acceptors (Lipinski definition) is 3. The maximum atomic E-state index is 14.2. The van der Waals surface area contributed by atoms with E-state index in [0.29, 0.717) is 11.5 Å². The number of aryl methyl sites for hydroxylation is 2.